The molecule has 8 heteroatoms. The molecule has 0 bridgehead atoms. The molecule has 0 saturated heterocycles. The minimum absolute atomic E-state index is 0.687. The molecule has 0 unspecified atom stereocenters. The van der Waals surface area contributed by atoms with Crippen molar-refractivity contribution < 1.29 is 4.74 Å². The Morgan fingerprint density at radius 1 is 1.00 bits per heavy atom. The average molecular weight is 391 g/mol. The molecule has 28 heavy (non-hydrogen) atoms. The van der Waals surface area contributed by atoms with Gasteiger partial charge in [-0.2, -0.15) is 5.10 Å². The Labute approximate surface area is 165 Å². The van der Waals surface area contributed by atoms with E-state index < -0.39 is 0 Å². The minimum Gasteiger partial charge on any atom is -0.497 e. The van der Waals surface area contributed by atoms with Crippen molar-refractivity contribution in [3.63, 3.8) is 0 Å². The van der Waals surface area contributed by atoms with E-state index in [1.165, 1.54) is 0 Å². The lowest BCUT2D eigenvalue weighted by atomic mass is 10.2. The van der Waals surface area contributed by atoms with E-state index in [1.54, 1.807) is 24.3 Å². The summed E-state index contributed by atoms with van der Waals surface area (Å²) in [5.41, 5.74) is 4.17. The van der Waals surface area contributed by atoms with E-state index in [2.05, 4.69) is 20.3 Å². The van der Waals surface area contributed by atoms with Crippen LogP contribution in [0.25, 0.3) is 33.8 Å². The maximum atomic E-state index is 6.27. The molecule has 138 valence electrons. The first kappa shape index (κ1) is 16.7. The third kappa shape index (κ3) is 2.51. The van der Waals surface area contributed by atoms with E-state index in [-0.39, 0.29) is 0 Å². The molecule has 0 aliphatic rings. The van der Waals surface area contributed by atoms with Crippen LogP contribution in [0.2, 0.25) is 5.02 Å². The van der Waals surface area contributed by atoms with Gasteiger partial charge in [-0.15, -0.1) is 10.2 Å². The number of aryl methyl sites for hydroxylation is 1. The smallest absolute Gasteiger partial charge is 0.175 e. The molecule has 3 aromatic heterocycles. The van der Waals surface area contributed by atoms with Crippen molar-refractivity contribution in [3.05, 3.63) is 65.6 Å². The monoisotopic (exact) mass is 390 g/mol. The number of aromatic nitrogens is 6. The molecule has 2 aromatic carbocycles. The second kappa shape index (κ2) is 6.31. The molecule has 3 heterocycles. The SMILES string of the molecule is COc1ccc(-c2nnc3c4cnn(-c5ccc(C)c(Cl)c5)c4ncn23)cc1. The maximum absolute atomic E-state index is 6.27. The fraction of sp³-hybridized carbons (Fsp3) is 0.100. The van der Waals surface area contributed by atoms with Gasteiger partial charge in [0.15, 0.2) is 17.1 Å². The molecule has 0 saturated carbocycles. The third-order valence-electron chi connectivity index (χ3n) is 4.72. The summed E-state index contributed by atoms with van der Waals surface area (Å²) in [5, 5.41) is 14.7. The first-order chi connectivity index (χ1) is 13.7. The van der Waals surface area contributed by atoms with Gasteiger partial charge in [-0.3, -0.25) is 4.40 Å². The Balaban J connectivity index is 1.66. The van der Waals surface area contributed by atoms with Crippen LogP contribution >= 0.6 is 11.6 Å². The van der Waals surface area contributed by atoms with E-state index in [1.807, 2.05) is 53.8 Å². The summed E-state index contributed by atoms with van der Waals surface area (Å²) < 4.78 is 8.83. The number of hydrogen-bond acceptors (Lipinski definition) is 5. The fourth-order valence-electron chi connectivity index (χ4n) is 3.16. The van der Waals surface area contributed by atoms with Crippen LogP contribution in [0.1, 0.15) is 5.56 Å². The molecule has 0 amide bonds. The summed E-state index contributed by atoms with van der Waals surface area (Å²) in [6, 6.07) is 13.5. The van der Waals surface area contributed by atoms with Gasteiger partial charge >= 0.3 is 0 Å². The Morgan fingerprint density at radius 3 is 2.57 bits per heavy atom. The van der Waals surface area contributed by atoms with Gasteiger partial charge in [-0.1, -0.05) is 17.7 Å². The summed E-state index contributed by atoms with van der Waals surface area (Å²) in [5.74, 6) is 1.49. The summed E-state index contributed by atoms with van der Waals surface area (Å²) >= 11 is 6.27. The Hall–Kier alpha value is -3.45. The van der Waals surface area contributed by atoms with Gasteiger partial charge < -0.3 is 4.74 Å². The number of hydrogen-bond donors (Lipinski definition) is 0. The molecule has 5 aromatic rings. The number of fused-ring (bicyclic) bond motifs is 3. The Bertz CT molecular complexity index is 1320. The number of rotatable bonds is 3. The first-order valence-electron chi connectivity index (χ1n) is 8.64. The molecular weight excluding hydrogens is 376 g/mol. The van der Waals surface area contributed by atoms with Crippen LogP contribution < -0.4 is 4.74 Å². The van der Waals surface area contributed by atoms with Gasteiger partial charge in [0.2, 0.25) is 0 Å². The van der Waals surface area contributed by atoms with Crippen molar-refractivity contribution in [2.45, 2.75) is 6.92 Å². The number of halogens is 1. The summed E-state index contributed by atoms with van der Waals surface area (Å²) in [6.07, 6.45) is 3.46. The van der Waals surface area contributed by atoms with Crippen molar-refractivity contribution in [1.82, 2.24) is 29.4 Å². The number of benzene rings is 2. The normalized spacial score (nSPS) is 11.4. The number of methoxy groups -OCH3 is 1. The lowest BCUT2D eigenvalue weighted by molar-refractivity contribution is 0.415. The quantitative estimate of drug-likeness (QED) is 0.464. The van der Waals surface area contributed by atoms with Crippen molar-refractivity contribution in [2.75, 3.05) is 7.11 Å². The molecule has 0 aliphatic heterocycles. The summed E-state index contributed by atoms with van der Waals surface area (Å²) in [7, 11) is 1.64. The Morgan fingerprint density at radius 2 is 1.82 bits per heavy atom. The lowest BCUT2D eigenvalue weighted by Gasteiger charge is -2.06. The highest BCUT2D eigenvalue weighted by Gasteiger charge is 2.15. The van der Waals surface area contributed by atoms with E-state index in [9.17, 15) is 0 Å². The molecule has 5 rings (SSSR count). The van der Waals surface area contributed by atoms with Gasteiger partial charge in [-0.05, 0) is 48.9 Å². The minimum atomic E-state index is 0.687. The predicted octanol–water partition coefficient (Wildman–Crippen LogP) is 4.10. The van der Waals surface area contributed by atoms with Gasteiger partial charge in [0.05, 0.1) is 24.4 Å². The van der Waals surface area contributed by atoms with Crippen LogP contribution in [0, 0.1) is 6.92 Å². The summed E-state index contributed by atoms with van der Waals surface area (Å²) in [6.45, 7) is 1.96. The second-order valence-corrected chi connectivity index (χ2v) is 6.82. The summed E-state index contributed by atoms with van der Waals surface area (Å²) in [4.78, 5) is 4.61. The molecule has 0 aliphatic carbocycles. The van der Waals surface area contributed by atoms with E-state index in [0.29, 0.717) is 22.1 Å². The molecule has 0 spiro atoms. The molecule has 7 nitrogen and oxygen atoms in total. The topological polar surface area (TPSA) is 70.1 Å². The van der Waals surface area contributed by atoms with Crippen molar-refractivity contribution in [1.29, 1.82) is 0 Å². The zero-order valence-corrected chi connectivity index (χ0v) is 15.9. The second-order valence-electron chi connectivity index (χ2n) is 6.42. The molecular formula is C20H15ClN6O. The molecule has 0 radical (unpaired) electrons. The zero-order valence-electron chi connectivity index (χ0n) is 15.2. The standard InChI is InChI=1S/C20H15ClN6O/c1-12-3-6-14(9-17(12)21)27-19-16(10-23-27)20-25-24-18(26(20)11-22-19)13-4-7-15(28-2)8-5-13/h3-11H,1-2H3. The third-order valence-corrected chi connectivity index (χ3v) is 5.13. The highest BCUT2D eigenvalue weighted by atomic mass is 35.5. The first-order valence-corrected chi connectivity index (χ1v) is 9.02. The molecule has 0 atom stereocenters. The van der Waals surface area contributed by atoms with Gasteiger partial charge in [0.1, 0.15) is 12.1 Å². The van der Waals surface area contributed by atoms with Crippen LogP contribution in [0.4, 0.5) is 0 Å². The van der Waals surface area contributed by atoms with Crippen molar-refractivity contribution >= 4 is 28.3 Å². The molecule has 0 N–H and O–H groups in total. The number of ether oxygens (including phenoxy) is 1. The van der Waals surface area contributed by atoms with E-state index in [4.69, 9.17) is 16.3 Å². The van der Waals surface area contributed by atoms with Crippen molar-refractivity contribution in [3.8, 4) is 22.8 Å². The molecule has 0 fully saturated rings. The lowest BCUT2D eigenvalue weighted by Crippen LogP contribution is -1.99. The Kier molecular flexibility index (Phi) is 3.77. The zero-order chi connectivity index (χ0) is 19.3. The maximum Gasteiger partial charge on any atom is 0.175 e. The predicted molar refractivity (Wildman–Crippen MR) is 107 cm³/mol. The van der Waals surface area contributed by atoms with Crippen LogP contribution in [0.3, 0.4) is 0 Å². The van der Waals surface area contributed by atoms with Crippen LogP contribution in [-0.4, -0.2) is 36.5 Å². The fourth-order valence-corrected chi connectivity index (χ4v) is 3.33. The van der Waals surface area contributed by atoms with Crippen LogP contribution in [-0.2, 0) is 0 Å². The van der Waals surface area contributed by atoms with Gasteiger partial charge in [-0.25, -0.2) is 9.67 Å². The number of nitrogens with zero attached hydrogens (tertiary/aromatic N) is 6. The van der Waals surface area contributed by atoms with Crippen molar-refractivity contribution in [2.24, 2.45) is 0 Å². The van der Waals surface area contributed by atoms with Gasteiger partial charge in [0, 0.05) is 10.6 Å². The highest BCUT2D eigenvalue weighted by molar-refractivity contribution is 6.31. The largest absolute Gasteiger partial charge is 0.497 e. The van der Waals surface area contributed by atoms with Crippen LogP contribution in [0.5, 0.6) is 5.75 Å². The highest BCUT2D eigenvalue weighted by Crippen LogP contribution is 2.26. The average Bonchev–Trinajstić information content (AvgIpc) is 3.34. The van der Waals surface area contributed by atoms with E-state index in [0.717, 1.165) is 28.0 Å². The van der Waals surface area contributed by atoms with Gasteiger partial charge in [0.25, 0.3) is 0 Å². The van der Waals surface area contributed by atoms with E-state index >= 15 is 0 Å². The van der Waals surface area contributed by atoms with Crippen LogP contribution in [0.15, 0.2) is 55.0 Å².